The molecule has 0 amide bonds. The number of unbranched alkanes of at least 4 members (excludes halogenated alkanes) is 18. The van der Waals surface area contributed by atoms with Gasteiger partial charge in [0, 0.05) is 0 Å². The van der Waals surface area contributed by atoms with Crippen molar-refractivity contribution in [1.29, 1.82) is 0 Å². The third-order valence-electron chi connectivity index (χ3n) is 6.71. The number of rotatable bonds is 20. The van der Waals surface area contributed by atoms with E-state index in [1.54, 1.807) is 6.08 Å². The van der Waals surface area contributed by atoms with Crippen molar-refractivity contribution in [2.24, 2.45) is 0 Å². The van der Waals surface area contributed by atoms with Crippen LogP contribution in [0, 0.1) is 0 Å². The molecular formula is C27H52O5. The molecule has 1 aliphatic heterocycles. The molecule has 0 saturated carbocycles. The molecule has 1 aliphatic rings. The van der Waals surface area contributed by atoms with Crippen LogP contribution in [0.25, 0.3) is 0 Å². The van der Waals surface area contributed by atoms with E-state index in [4.69, 9.17) is 4.74 Å². The van der Waals surface area contributed by atoms with Gasteiger partial charge in [-0.1, -0.05) is 122 Å². The number of aliphatic hydroxyl groups is 4. The Bertz CT molecular complexity index is 455. The molecule has 0 spiro atoms. The first-order chi connectivity index (χ1) is 15.5. The molecule has 0 aromatic carbocycles. The molecule has 5 nitrogen and oxygen atoms in total. The van der Waals surface area contributed by atoms with Crippen molar-refractivity contribution < 1.29 is 25.2 Å². The van der Waals surface area contributed by atoms with Crippen LogP contribution in [0.4, 0.5) is 0 Å². The van der Waals surface area contributed by atoms with Gasteiger partial charge in [0.1, 0.15) is 18.3 Å². The van der Waals surface area contributed by atoms with Gasteiger partial charge in [-0.3, -0.25) is 0 Å². The quantitative estimate of drug-likeness (QED) is 0.138. The average Bonchev–Trinajstić information content (AvgIpc) is 2.79. The Labute approximate surface area is 197 Å². The van der Waals surface area contributed by atoms with Crippen molar-refractivity contribution in [3.8, 4) is 0 Å². The molecule has 1 heterocycles. The molecule has 0 aromatic heterocycles. The van der Waals surface area contributed by atoms with Gasteiger partial charge in [0.2, 0.25) is 5.79 Å². The fourth-order valence-electron chi connectivity index (χ4n) is 4.42. The molecule has 0 aliphatic carbocycles. The van der Waals surface area contributed by atoms with E-state index in [1.165, 1.54) is 109 Å². The van der Waals surface area contributed by atoms with Gasteiger partial charge >= 0.3 is 0 Å². The van der Waals surface area contributed by atoms with E-state index in [0.717, 1.165) is 19.3 Å². The van der Waals surface area contributed by atoms with Crippen LogP contribution in [0.1, 0.15) is 129 Å². The van der Waals surface area contributed by atoms with Crippen LogP contribution in [0.3, 0.4) is 0 Å². The zero-order valence-corrected chi connectivity index (χ0v) is 20.7. The lowest BCUT2D eigenvalue weighted by atomic mass is 9.96. The van der Waals surface area contributed by atoms with Gasteiger partial charge in [0.05, 0.1) is 6.61 Å². The minimum absolute atomic E-state index is 0.196. The van der Waals surface area contributed by atoms with Gasteiger partial charge in [-0.25, -0.2) is 0 Å². The molecule has 5 heteroatoms. The minimum atomic E-state index is -1.91. The van der Waals surface area contributed by atoms with Crippen LogP contribution in [0.15, 0.2) is 12.2 Å². The van der Waals surface area contributed by atoms with Gasteiger partial charge in [0.25, 0.3) is 0 Å². The van der Waals surface area contributed by atoms with E-state index in [2.05, 4.69) is 6.92 Å². The molecule has 32 heavy (non-hydrogen) atoms. The van der Waals surface area contributed by atoms with Crippen molar-refractivity contribution in [1.82, 2.24) is 0 Å². The highest BCUT2D eigenvalue weighted by Crippen LogP contribution is 2.25. The van der Waals surface area contributed by atoms with Gasteiger partial charge in [-0.2, -0.15) is 0 Å². The molecule has 0 aromatic rings. The summed E-state index contributed by atoms with van der Waals surface area (Å²) in [7, 11) is 0. The lowest BCUT2D eigenvalue weighted by Gasteiger charge is -2.39. The summed E-state index contributed by atoms with van der Waals surface area (Å²) in [6.07, 6.45) is 24.2. The van der Waals surface area contributed by atoms with Crippen LogP contribution >= 0.6 is 0 Å². The predicted molar refractivity (Wildman–Crippen MR) is 131 cm³/mol. The largest absolute Gasteiger partial charge is 0.388 e. The van der Waals surface area contributed by atoms with E-state index < -0.39 is 24.1 Å². The summed E-state index contributed by atoms with van der Waals surface area (Å²) in [4.78, 5) is 0. The Hall–Kier alpha value is -0.460. The molecule has 0 radical (unpaired) electrons. The van der Waals surface area contributed by atoms with E-state index in [-0.39, 0.29) is 6.61 Å². The second-order valence-electron chi connectivity index (χ2n) is 9.77. The number of aliphatic hydroxyl groups excluding tert-OH is 3. The molecule has 1 saturated heterocycles. The normalized spacial score (nSPS) is 26.2. The maximum absolute atomic E-state index is 10.2. The Morgan fingerprint density at radius 3 is 1.53 bits per heavy atom. The number of hydrogen-bond donors (Lipinski definition) is 4. The molecule has 1 fully saturated rings. The highest BCUT2D eigenvalue weighted by atomic mass is 16.6. The zero-order chi connectivity index (χ0) is 23.5. The van der Waals surface area contributed by atoms with Crippen LogP contribution < -0.4 is 0 Å². The lowest BCUT2D eigenvalue weighted by molar-refractivity contribution is -0.296. The maximum atomic E-state index is 10.2. The Balaban J connectivity index is 1.83. The highest BCUT2D eigenvalue weighted by Gasteiger charge is 2.46. The number of hydrogen-bond acceptors (Lipinski definition) is 5. The van der Waals surface area contributed by atoms with E-state index in [0.29, 0.717) is 0 Å². The monoisotopic (exact) mass is 456 g/mol. The zero-order valence-electron chi connectivity index (χ0n) is 20.7. The Kier molecular flexibility index (Phi) is 17.5. The van der Waals surface area contributed by atoms with Crippen molar-refractivity contribution in [3.63, 3.8) is 0 Å². The van der Waals surface area contributed by atoms with Gasteiger partial charge < -0.3 is 25.2 Å². The third-order valence-corrected chi connectivity index (χ3v) is 6.71. The highest BCUT2D eigenvalue weighted by molar-refractivity contribution is 5.05. The summed E-state index contributed by atoms with van der Waals surface area (Å²) >= 11 is 0. The molecule has 190 valence electrons. The third kappa shape index (κ3) is 13.3. The summed E-state index contributed by atoms with van der Waals surface area (Å²) in [6.45, 7) is 2.08. The SMILES string of the molecule is CCCCCCCCCCCCCCCCCCCC/C=C/C1(O)OC[C@@H](O)[C@H](O)[C@H]1O. The van der Waals surface area contributed by atoms with E-state index >= 15 is 0 Å². The summed E-state index contributed by atoms with van der Waals surface area (Å²) < 4.78 is 5.11. The van der Waals surface area contributed by atoms with Gasteiger partial charge in [-0.05, 0) is 18.9 Å². The first-order valence-corrected chi connectivity index (χ1v) is 13.6. The molecule has 0 bridgehead atoms. The summed E-state index contributed by atoms with van der Waals surface area (Å²) in [5.41, 5.74) is 0. The van der Waals surface area contributed by atoms with Crippen LogP contribution in [0.5, 0.6) is 0 Å². The molecule has 4 atom stereocenters. The predicted octanol–water partition coefficient (Wildman–Crippen LogP) is 5.78. The number of ether oxygens (including phenoxy) is 1. The minimum Gasteiger partial charge on any atom is -0.388 e. The van der Waals surface area contributed by atoms with Crippen LogP contribution in [-0.2, 0) is 4.74 Å². The van der Waals surface area contributed by atoms with Crippen molar-refractivity contribution in [3.05, 3.63) is 12.2 Å². The average molecular weight is 457 g/mol. The second-order valence-corrected chi connectivity index (χ2v) is 9.77. The van der Waals surface area contributed by atoms with Crippen molar-refractivity contribution in [2.45, 2.75) is 153 Å². The summed E-state index contributed by atoms with van der Waals surface area (Å²) in [5.74, 6) is -1.91. The molecular weight excluding hydrogens is 404 g/mol. The van der Waals surface area contributed by atoms with Gasteiger partial charge in [0.15, 0.2) is 0 Å². The van der Waals surface area contributed by atoms with Gasteiger partial charge in [-0.15, -0.1) is 0 Å². The van der Waals surface area contributed by atoms with E-state index in [1.807, 2.05) is 0 Å². The summed E-state index contributed by atoms with van der Waals surface area (Å²) in [5, 5.41) is 39.3. The standard InChI is InChI=1S/C27H52O5/c1-2-3-4-5-6-7-8-9-10-11-12-13-14-15-16-17-18-19-20-21-22-27(31)26(30)25(29)24(28)23-32-27/h21-22,24-26,28-31H,2-20,23H2,1H3/b22-21+/t24-,25+,26-,27?/m1/s1. The topological polar surface area (TPSA) is 90.2 Å². The first kappa shape index (κ1) is 29.6. The molecule has 4 N–H and O–H groups in total. The van der Waals surface area contributed by atoms with Crippen molar-refractivity contribution >= 4 is 0 Å². The first-order valence-electron chi connectivity index (χ1n) is 13.6. The summed E-state index contributed by atoms with van der Waals surface area (Å²) in [6, 6.07) is 0. The molecule has 1 unspecified atom stereocenters. The fraction of sp³-hybridized carbons (Fsp3) is 0.926. The lowest BCUT2D eigenvalue weighted by Crippen LogP contribution is -2.59. The Morgan fingerprint density at radius 1 is 0.688 bits per heavy atom. The second kappa shape index (κ2) is 18.9. The van der Waals surface area contributed by atoms with Crippen LogP contribution in [-0.4, -0.2) is 51.1 Å². The smallest absolute Gasteiger partial charge is 0.214 e. The number of allylic oxidation sites excluding steroid dienone is 1. The fourth-order valence-corrected chi connectivity index (χ4v) is 4.42. The maximum Gasteiger partial charge on any atom is 0.214 e. The van der Waals surface area contributed by atoms with Crippen LogP contribution in [0.2, 0.25) is 0 Å². The van der Waals surface area contributed by atoms with E-state index in [9.17, 15) is 20.4 Å². The van der Waals surface area contributed by atoms with Crippen molar-refractivity contribution in [2.75, 3.05) is 6.61 Å². The molecule has 1 rings (SSSR count). The Morgan fingerprint density at radius 2 is 1.09 bits per heavy atom.